The predicted octanol–water partition coefficient (Wildman–Crippen LogP) is 18.5. The quantitative estimate of drug-likeness (QED) is 0.176. The van der Waals surface area contributed by atoms with E-state index in [9.17, 15) is 1.37 Å². The number of pyridine rings is 2. The van der Waals surface area contributed by atoms with E-state index >= 15 is 0 Å². The van der Waals surface area contributed by atoms with E-state index in [-0.39, 0.29) is 0 Å². The number of fused-ring (bicyclic) bond motifs is 19. The average Bonchev–Trinajstić information content (AvgIpc) is 4.06. The molecule has 15 rings (SSSR count). The molecule has 3 aromatic heterocycles. The van der Waals surface area contributed by atoms with E-state index in [1.165, 1.54) is 71.9 Å². The molecule has 72 heavy (non-hydrogen) atoms. The van der Waals surface area contributed by atoms with Crippen LogP contribution >= 0.6 is 0 Å². The fraction of sp³-hybridized carbons (Fsp3) is 0.0725. The highest BCUT2D eigenvalue weighted by molar-refractivity contribution is 6.10. The molecule has 1 saturated carbocycles. The number of aromatic nitrogens is 3. The number of hydrogen-bond acceptors (Lipinski definition) is 2. The Bertz CT molecular complexity index is 4190. The first-order valence-electron chi connectivity index (χ1n) is 25.8. The van der Waals surface area contributed by atoms with Crippen molar-refractivity contribution < 1.29 is 1.37 Å². The lowest BCUT2D eigenvalue weighted by Crippen LogP contribution is -2.03. The van der Waals surface area contributed by atoms with Gasteiger partial charge in [0.2, 0.25) is 0 Å². The van der Waals surface area contributed by atoms with Crippen LogP contribution in [0.5, 0.6) is 0 Å². The van der Waals surface area contributed by atoms with Crippen LogP contribution < -0.4 is 0 Å². The molecule has 0 atom stereocenters. The summed E-state index contributed by atoms with van der Waals surface area (Å²) >= 11 is 0. The van der Waals surface area contributed by atoms with Crippen molar-refractivity contribution in [3.05, 3.63) is 236 Å². The van der Waals surface area contributed by atoms with Gasteiger partial charge in [-0.15, -0.1) is 0 Å². The molecular weight excluding hydrogens is 871 g/mol. The van der Waals surface area contributed by atoms with E-state index in [1.807, 2.05) is 24.5 Å². The first-order valence-corrected chi connectivity index (χ1v) is 25.3. The Hall–Kier alpha value is -8.92. The van der Waals surface area contributed by atoms with Gasteiger partial charge in [0, 0.05) is 41.4 Å². The van der Waals surface area contributed by atoms with Gasteiger partial charge in [0.15, 0.2) is 0 Å². The van der Waals surface area contributed by atoms with E-state index in [0.29, 0.717) is 0 Å². The van der Waals surface area contributed by atoms with Crippen molar-refractivity contribution in [3.63, 3.8) is 0 Å². The topological polar surface area (TPSA) is 30.7 Å². The molecule has 0 spiro atoms. The Labute approximate surface area is 420 Å². The Morgan fingerprint density at radius 3 is 1.24 bits per heavy atom. The summed E-state index contributed by atoms with van der Waals surface area (Å²) in [6, 6.07) is 80.3. The number of hydrogen-bond donors (Lipinski definition) is 0. The minimum absolute atomic E-state index is 0.762. The van der Waals surface area contributed by atoms with E-state index in [0.717, 1.165) is 98.4 Å². The van der Waals surface area contributed by atoms with E-state index in [1.54, 1.807) is 0 Å². The summed E-state index contributed by atoms with van der Waals surface area (Å²) in [4.78, 5) is 9.98. The van der Waals surface area contributed by atoms with Gasteiger partial charge in [0.1, 0.15) is 0 Å². The van der Waals surface area contributed by atoms with E-state index in [2.05, 4.69) is 211 Å². The zero-order valence-electron chi connectivity index (χ0n) is 40.6. The molecule has 0 radical (unpaired) electrons. The molecule has 12 aromatic rings. The number of nitrogens with zero attached hydrogens (tertiary/aromatic N) is 3. The fourth-order valence-corrected chi connectivity index (χ4v) is 12.6. The van der Waals surface area contributed by atoms with Crippen LogP contribution in [0.4, 0.5) is 0 Å². The van der Waals surface area contributed by atoms with Gasteiger partial charge in [-0.25, -0.2) is 0 Å². The summed E-state index contributed by atoms with van der Waals surface area (Å²) in [6.07, 6.45) is 7.45. The maximum Gasteiger partial charge on any atom is 0.0970 e. The molecule has 3 nitrogen and oxygen atoms in total. The molecule has 9 aromatic carbocycles. The fourth-order valence-electron chi connectivity index (χ4n) is 12.6. The second-order valence-corrected chi connectivity index (χ2v) is 19.6. The summed E-state index contributed by atoms with van der Waals surface area (Å²) in [5.74, 6) is -0.762. The number of benzene rings is 9. The van der Waals surface area contributed by atoms with E-state index < -0.39 is 5.89 Å². The SMILES string of the molecule is [2H]C1(c2c(-c3ccc4c(c3)-c3ccccc3-c3ccccc3-c3cc(-n5c6ccccc6c6ccccc65)ccc3-4)cccc2-c2ccc3c(c2)-c2cccnc2-c2ncccc2-c2ccccc2-3)CCCC1. The van der Waals surface area contributed by atoms with Crippen molar-refractivity contribution in [1.29, 1.82) is 0 Å². The maximum absolute atomic E-state index is 10.5. The third kappa shape index (κ3) is 6.23. The summed E-state index contributed by atoms with van der Waals surface area (Å²) in [7, 11) is 0. The van der Waals surface area contributed by atoms with Crippen molar-refractivity contribution >= 4 is 21.8 Å². The highest BCUT2D eigenvalue weighted by atomic mass is 15.0. The Balaban J connectivity index is 0.943. The summed E-state index contributed by atoms with van der Waals surface area (Å²) in [6.45, 7) is 0. The summed E-state index contributed by atoms with van der Waals surface area (Å²) < 4.78 is 12.9. The minimum atomic E-state index is -0.762. The molecule has 0 saturated heterocycles. The minimum Gasteiger partial charge on any atom is -0.309 e. The maximum atomic E-state index is 10.5. The predicted molar refractivity (Wildman–Crippen MR) is 299 cm³/mol. The molecule has 0 aliphatic heterocycles. The number of para-hydroxylation sites is 2. The zero-order valence-corrected chi connectivity index (χ0v) is 39.6. The third-order valence-electron chi connectivity index (χ3n) is 15.8. The van der Waals surface area contributed by atoms with Crippen LogP contribution in [0, 0.1) is 0 Å². The third-order valence-corrected chi connectivity index (χ3v) is 15.8. The summed E-state index contributed by atoms with van der Waals surface area (Å²) in [5.41, 5.74) is 27.2. The lowest BCUT2D eigenvalue weighted by atomic mass is 9.78. The average molecular weight is 919 g/mol. The lowest BCUT2D eigenvalue weighted by molar-refractivity contribution is 0.727. The van der Waals surface area contributed by atoms with Gasteiger partial charge in [0.05, 0.1) is 22.4 Å². The Kier molecular flexibility index (Phi) is 9.05. The van der Waals surface area contributed by atoms with Gasteiger partial charge in [-0.3, -0.25) is 9.97 Å². The van der Waals surface area contributed by atoms with E-state index in [4.69, 9.17) is 9.97 Å². The Morgan fingerprint density at radius 1 is 0.333 bits per heavy atom. The van der Waals surface area contributed by atoms with Crippen LogP contribution in [-0.2, 0) is 0 Å². The molecule has 0 N–H and O–H groups in total. The van der Waals surface area contributed by atoms with Crippen molar-refractivity contribution in [1.82, 2.24) is 14.5 Å². The first-order chi connectivity index (χ1) is 36.1. The Morgan fingerprint density at radius 2 is 0.708 bits per heavy atom. The van der Waals surface area contributed by atoms with Gasteiger partial charge in [0.25, 0.3) is 0 Å². The monoisotopic (exact) mass is 918 g/mol. The van der Waals surface area contributed by atoms with Crippen molar-refractivity contribution in [3.8, 4) is 117 Å². The van der Waals surface area contributed by atoms with Crippen LogP contribution in [0.3, 0.4) is 0 Å². The van der Waals surface area contributed by atoms with Crippen LogP contribution in [0.15, 0.2) is 231 Å². The molecule has 0 bridgehead atoms. The summed E-state index contributed by atoms with van der Waals surface area (Å²) in [5, 5.41) is 2.50. The van der Waals surface area contributed by atoms with Crippen LogP contribution in [0.2, 0.25) is 0 Å². The number of rotatable bonds is 4. The first kappa shape index (κ1) is 39.9. The zero-order chi connectivity index (χ0) is 48.2. The van der Waals surface area contributed by atoms with Gasteiger partial charge >= 0.3 is 0 Å². The lowest BCUT2D eigenvalue weighted by Gasteiger charge is -2.26. The van der Waals surface area contributed by atoms with Crippen LogP contribution in [0.1, 0.15) is 38.5 Å². The molecule has 3 heterocycles. The second-order valence-electron chi connectivity index (χ2n) is 19.6. The van der Waals surface area contributed by atoms with Crippen molar-refractivity contribution in [2.24, 2.45) is 0 Å². The van der Waals surface area contributed by atoms with Crippen LogP contribution in [0.25, 0.3) is 139 Å². The largest absolute Gasteiger partial charge is 0.309 e. The normalized spacial score (nSPS) is 13.9. The molecule has 338 valence electrons. The van der Waals surface area contributed by atoms with Crippen molar-refractivity contribution in [2.45, 2.75) is 31.6 Å². The highest BCUT2D eigenvalue weighted by Crippen LogP contribution is 2.53. The van der Waals surface area contributed by atoms with Crippen LogP contribution in [-0.4, -0.2) is 14.5 Å². The van der Waals surface area contributed by atoms with Gasteiger partial charge in [-0.05, 0) is 162 Å². The highest BCUT2D eigenvalue weighted by Gasteiger charge is 2.29. The smallest absolute Gasteiger partial charge is 0.0970 e. The molecular formula is C69H47N3. The molecule has 3 heteroatoms. The standard InChI is InChI=1S/C69H47N3/c1-2-17-43(16-1)67-47(26-13-27-48(67)45-32-35-55-51-20-3-6-21-52(51)60-28-14-38-70-68(60)69-61(63(55)41-45)29-15-39-71-69)44-33-36-56-57-37-34-46(72-65-30-11-9-24-58(65)59-25-10-12-31-66(59)72)42-64(57)54-23-8-5-19-50(54)49-18-4-7-22-53(49)62(56)40-44/h3-15,18-43H,1-2,16-17H2/i43D. The molecule has 0 amide bonds. The van der Waals surface area contributed by atoms with Gasteiger partial charge < -0.3 is 4.57 Å². The van der Waals surface area contributed by atoms with Gasteiger partial charge in [-0.2, -0.15) is 0 Å². The van der Waals surface area contributed by atoms with Crippen molar-refractivity contribution in [2.75, 3.05) is 0 Å². The molecule has 3 aliphatic carbocycles. The van der Waals surface area contributed by atoms with Gasteiger partial charge in [-0.1, -0.05) is 183 Å². The second kappa shape index (κ2) is 16.3. The molecule has 1 fully saturated rings. The molecule has 3 aliphatic rings. The molecule has 0 unspecified atom stereocenters.